The quantitative estimate of drug-likeness (QED) is 0.0688. The van der Waals surface area contributed by atoms with Gasteiger partial charge in [-0.05, 0) is 160 Å². The van der Waals surface area contributed by atoms with E-state index in [1.807, 2.05) is 67.1 Å². The molecule has 0 aliphatic carbocycles. The molecule has 0 radical (unpaired) electrons. The van der Waals surface area contributed by atoms with Crippen LogP contribution in [0, 0.1) is 18.2 Å². The van der Waals surface area contributed by atoms with Gasteiger partial charge < -0.3 is 15.0 Å². The molecule has 0 unspecified atom stereocenters. The Kier molecular flexibility index (Phi) is 24.5. The van der Waals surface area contributed by atoms with E-state index in [9.17, 15) is 0 Å². The van der Waals surface area contributed by atoms with Crippen LogP contribution in [0.15, 0.2) is 440 Å². The smallest absolute Gasteiger partial charge is 0.305 e. The Balaban J connectivity index is 0.0000110. The van der Waals surface area contributed by atoms with E-state index in [-0.39, 0.29) is 25.5 Å². The molecule has 21 rings (SSSR count). The third-order valence-electron chi connectivity index (χ3n) is 24.0. The Labute approximate surface area is 804 Å². The fourth-order valence-electron chi connectivity index (χ4n) is 17.2. The van der Waals surface area contributed by atoms with E-state index in [1.54, 1.807) is 0 Å². The zero-order valence-corrected chi connectivity index (χ0v) is 78.2. The summed E-state index contributed by atoms with van der Waals surface area (Å²) in [7, 11) is 0. The van der Waals surface area contributed by atoms with Crippen molar-refractivity contribution in [3.05, 3.63) is 464 Å². The van der Waals surface area contributed by atoms with E-state index in [0.29, 0.717) is 34.9 Å². The third-order valence-corrected chi connectivity index (χ3v) is 25.3. The van der Waals surface area contributed by atoms with Gasteiger partial charge in [0.2, 0.25) is 0 Å². The molecule has 5 aromatic heterocycles. The van der Waals surface area contributed by atoms with Crippen molar-refractivity contribution in [1.29, 1.82) is 0 Å². The van der Waals surface area contributed by atoms with Gasteiger partial charge in [0.05, 0.1) is 0 Å². The van der Waals surface area contributed by atoms with Gasteiger partial charge >= 0.3 is 20.1 Å². The molecule has 0 aliphatic heterocycles. The number of hydrogen-bond donors (Lipinski definition) is 0. The summed E-state index contributed by atoms with van der Waals surface area (Å²) < 4.78 is 1.75. The molecule has 0 saturated heterocycles. The second-order valence-corrected chi connectivity index (χ2v) is 35.3. The monoisotopic (exact) mass is 2010 g/mol. The van der Waals surface area contributed by atoms with Crippen molar-refractivity contribution in [2.75, 3.05) is 0 Å². The van der Waals surface area contributed by atoms with Gasteiger partial charge in [-0.15, -0.1) is 71.3 Å². The number of rotatable bonds is 20. The Morgan fingerprint density at radius 2 is 0.481 bits per heavy atom. The maximum Gasteiger partial charge on any atom is 3.00 e. The van der Waals surface area contributed by atoms with Crippen LogP contribution in [0.1, 0.15) is 26.3 Å². The van der Waals surface area contributed by atoms with Crippen molar-refractivity contribution in [2.45, 2.75) is 26.2 Å². The molecule has 632 valence electrons. The van der Waals surface area contributed by atoms with Crippen LogP contribution in [-0.2, 0) is 25.5 Å². The summed E-state index contributed by atoms with van der Waals surface area (Å²) in [4.78, 5) is 46.3. The van der Waals surface area contributed by atoms with Crippen molar-refractivity contribution >= 4 is 31.9 Å². The molecule has 0 amide bonds. The molecular weight excluding hydrogens is 1930 g/mol. The number of nitrogens with zero attached hydrogens (tertiary/aromatic N) is 9. The summed E-state index contributed by atoms with van der Waals surface area (Å²) in [6.07, 6.45) is 5.61. The van der Waals surface area contributed by atoms with Crippen molar-refractivity contribution in [2.24, 2.45) is 0 Å². The molecule has 21 aromatic rings. The van der Waals surface area contributed by atoms with Crippen molar-refractivity contribution in [1.82, 2.24) is 44.9 Å². The maximum atomic E-state index is 5.19. The van der Waals surface area contributed by atoms with E-state index in [1.165, 1.54) is 5.56 Å². The Hall–Kier alpha value is -15.4. The Morgan fingerprint density at radius 1 is 0.203 bits per heavy atom. The van der Waals surface area contributed by atoms with Crippen LogP contribution in [0.5, 0.6) is 0 Å². The van der Waals surface area contributed by atoms with Gasteiger partial charge in [-0.25, -0.2) is 29.9 Å². The molecule has 0 spiro atoms. The summed E-state index contributed by atoms with van der Waals surface area (Å²) >= 11 is 8.29. The van der Waals surface area contributed by atoms with Gasteiger partial charge in [0, 0.05) is 52.0 Å². The largest absolute Gasteiger partial charge is 3.00 e. The van der Waals surface area contributed by atoms with Crippen molar-refractivity contribution in [3.8, 4) is 224 Å². The van der Waals surface area contributed by atoms with Gasteiger partial charge in [-0.1, -0.05) is 428 Å². The zero-order valence-electron chi connectivity index (χ0n) is 72.6. The first-order valence-electron chi connectivity index (χ1n) is 43.9. The molecule has 0 N–H and O–H groups in total. The zero-order chi connectivity index (χ0) is 89.0. The molecule has 0 fully saturated rings. The first kappa shape index (κ1) is 85.7. The van der Waals surface area contributed by atoms with Gasteiger partial charge in [-0.3, -0.25) is 0 Å². The third kappa shape index (κ3) is 18.4. The van der Waals surface area contributed by atoms with Crippen LogP contribution in [0.3, 0.4) is 0 Å². The Bertz CT molecular complexity index is 7300. The molecule has 0 saturated carbocycles. The van der Waals surface area contributed by atoms with E-state index < -0.39 is 0 Å². The normalized spacial score (nSPS) is 11.3. The minimum Gasteiger partial charge on any atom is -0.305 e. The maximum absolute atomic E-state index is 5.19. The summed E-state index contributed by atoms with van der Waals surface area (Å²) in [5.74, 6) is 3.24. The van der Waals surface area contributed by atoms with Crippen LogP contribution in [0.4, 0.5) is 0 Å². The predicted molar refractivity (Wildman–Crippen MR) is 546 cm³/mol. The number of hydrogen-bond acceptors (Lipinski definition) is 9. The average Bonchev–Trinajstić information content (AvgIpc) is 0.761. The molecule has 133 heavy (non-hydrogen) atoms. The molecule has 0 aliphatic rings. The number of halogens is 2. The van der Waals surface area contributed by atoms with Gasteiger partial charge in [0.1, 0.15) is 0 Å². The first-order chi connectivity index (χ1) is 64.8. The minimum absolute atomic E-state index is 0. The van der Waals surface area contributed by atoms with Gasteiger partial charge in [0.25, 0.3) is 0 Å². The average molecular weight is 2010 g/mol. The molecule has 5 heterocycles. The van der Waals surface area contributed by atoms with E-state index in [0.717, 1.165) is 198 Å². The van der Waals surface area contributed by atoms with Crippen LogP contribution in [0.25, 0.3) is 224 Å². The van der Waals surface area contributed by atoms with E-state index in [2.05, 4.69) is 435 Å². The number of pyridine rings is 3. The van der Waals surface area contributed by atoms with Crippen LogP contribution in [0.2, 0.25) is 0 Å². The molecule has 16 aromatic carbocycles. The fraction of sp³-hybridized carbons (Fsp3) is 0.0331. The SMILES string of the molecule is CC(C)(C)c1ccnc(-c2[c-]cc(-c3ccccc3-c3cc(-c4ccccc4-c4c[c-]c(-c5ccc(-c6nc(-c7cccc(-c8ccccc8)c7)nc(-c7cccc(-c8ccccc8)c7)n6)cn5)cc4Br)cc(-c4ccccc4-c4c[c-]c(-c5ccc(-c6nc(-c7cccc(-c8ccccc8)c7)nc(-c7cccc(-c8ccccc8)c7)n6)cn5)cc4Br)c3)c(-c3ccccc3)c2)c1.[Ir+3]. The summed E-state index contributed by atoms with van der Waals surface area (Å²) in [6, 6.07) is 155. The molecule has 9 nitrogen and oxygen atoms in total. The molecule has 12 heteroatoms. The standard InChI is InChI=1S/C121H80Br2N9.Ir/c1-121(2,3)99-63-64-124-114(75-99)87-53-58-106(109(72-87)82-37-17-8-18-38-82)103-50-22-19-47-100(103)96-69-97(101-48-20-23-51-104(101)107-59-54-88(73-110(107)122)112-61-56-94(76-125-112)119-129-115(90-43-25-39-83(65-90)78-29-9-4-10-30-78)127-116(130-119)91-44-26-40-84(66-91)79-31-11-5-12-32-79)71-98(70-96)102-49-21-24-52-105(102)108-60-55-89(74-111(108)123)113-62-57-95(77-126-113)120-131-117(92-45-27-41-85(67-92)80-33-13-6-14-34-80)128-118(132-120)93-46-28-42-86(68-93)81-35-15-7-16-36-81;/h4-52,56-77H,1-3H3;/q-3;+3. The summed E-state index contributed by atoms with van der Waals surface area (Å²) in [5.41, 5.74) is 34.0. The van der Waals surface area contributed by atoms with Crippen molar-refractivity contribution < 1.29 is 20.1 Å². The predicted octanol–water partition coefficient (Wildman–Crippen LogP) is 31.8. The Morgan fingerprint density at radius 3 is 0.805 bits per heavy atom. The summed E-state index contributed by atoms with van der Waals surface area (Å²) in [5, 5.41) is 0. The second kappa shape index (κ2) is 38.0. The summed E-state index contributed by atoms with van der Waals surface area (Å²) in [6.45, 7) is 6.71. The van der Waals surface area contributed by atoms with Crippen LogP contribution in [-0.4, -0.2) is 44.9 Å². The molecular formula is C121H80Br2IrN9. The molecule has 0 atom stereocenters. The minimum atomic E-state index is -0.0755. The van der Waals surface area contributed by atoms with Crippen molar-refractivity contribution in [3.63, 3.8) is 0 Å². The number of aromatic nitrogens is 9. The first-order valence-corrected chi connectivity index (χ1v) is 45.5. The topological polar surface area (TPSA) is 116 Å². The van der Waals surface area contributed by atoms with Crippen LogP contribution < -0.4 is 0 Å². The van der Waals surface area contributed by atoms with Gasteiger partial charge in [-0.2, -0.15) is 0 Å². The molecule has 0 bridgehead atoms. The fourth-order valence-corrected chi connectivity index (χ4v) is 18.3. The number of benzene rings is 16. The van der Waals surface area contributed by atoms with Gasteiger partial charge in [0.15, 0.2) is 34.9 Å². The van der Waals surface area contributed by atoms with E-state index in [4.69, 9.17) is 44.9 Å². The van der Waals surface area contributed by atoms with E-state index >= 15 is 0 Å². The second-order valence-electron chi connectivity index (χ2n) is 33.6. The van der Waals surface area contributed by atoms with Crippen LogP contribution >= 0.6 is 31.9 Å².